The minimum Gasteiger partial charge on any atom is -0.378 e. The van der Waals surface area contributed by atoms with Crippen molar-refractivity contribution in [2.75, 3.05) is 0 Å². The van der Waals surface area contributed by atoms with E-state index in [0.29, 0.717) is 23.1 Å². The van der Waals surface area contributed by atoms with Crippen LogP contribution in [0.2, 0.25) is 0 Å². The summed E-state index contributed by atoms with van der Waals surface area (Å²) in [6, 6.07) is 18.9. The molecule has 2 unspecified atom stereocenters. The minimum atomic E-state index is -3.50. The number of benzene rings is 2. The van der Waals surface area contributed by atoms with E-state index >= 15 is 0 Å². The molecule has 0 saturated heterocycles. The maximum Gasteiger partial charge on any atom is 0.263 e. The Bertz CT molecular complexity index is 832. The summed E-state index contributed by atoms with van der Waals surface area (Å²) in [7, 11) is -3.50. The first-order chi connectivity index (χ1) is 13.9. The highest BCUT2D eigenvalue weighted by molar-refractivity contribution is 7.67. The summed E-state index contributed by atoms with van der Waals surface area (Å²) in [5, 5.41) is 11.6. The highest BCUT2D eigenvalue weighted by Crippen LogP contribution is 2.54. The Balaban J connectivity index is 1.91. The predicted octanol–water partition coefficient (Wildman–Crippen LogP) is 6.10. The first kappa shape index (κ1) is 22.0. The Morgan fingerprint density at radius 2 is 1.66 bits per heavy atom. The molecule has 1 saturated carbocycles. The molecule has 29 heavy (non-hydrogen) atoms. The van der Waals surface area contributed by atoms with E-state index in [9.17, 15) is 9.67 Å². The van der Waals surface area contributed by atoms with Crippen LogP contribution >= 0.6 is 7.37 Å². The van der Waals surface area contributed by atoms with Gasteiger partial charge in [-0.05, 0) is 54.4 Å². The number of aliphatic hydroxyl groups is 1. The summed E-state index contributed by atoms with van der Waals surface area (Å²) in [6.07, 6.45) is 6.45. The smallest absolute Gasteiger partial charge is 0.263 e. The molecule has 5 atom stereocenters. The highest BCUT2D eigenvalue weighted by Gasteiger charge is 2.41. The van der Waals surface area contributed by atoms with Crippen LogP contribution in [0, 0.1) is 17.8 Å². The molecular formula is C25H33O3P. The van der Waals surface area contributed by atoms with Crippen molar-refractivity contribution in [1.29, 1.82) is 0 Å². The van der Waals surface area contributed by atoms with E-state index in [-0.39, 0.29) is 6.10 Å². The van der Waals surface area contributed by atoms with Crippen molar-refractivity contribution in [2.24, 2.45) is 17.8 Å². The summed E-state index contributed by atoms with van der Waals surface area (Å²) in [4.78, 5) is 0. The van der Waals surface area contributed by atoms with Gasteiger partial charge in [0.15, 0.2) is 5.85 Å². The molecular weight excluding hydrogens is 379 g/mol. The zero-order valence-electron chi connectivity index (χ0n) is 17.6. The Kier molecular flexibility index (Phi) is 7.51. The normalized spacial score (nSPS) is 25.8. The molecule has 2 aromatic carbocycles. The summed E-state index contributed by atoms with van der Waals surface area (Å²) >= 11 is 0. The maximum atomic E-state index is 14.2. The van der Waals surface area contributed by atoms with Gasteiger partial charge in [-0.3, -0.25) is 4.57 Å². The fourth-order valence-corrected chi connectivity index (χ4v) is 6.32. The fraction of sp³-hybridized carbons (Fsp3) is 0.440. The maximum absolute atomic E-state index is 14.2. The molecule has 0 spiro atoms. The predicted molar refractivity (Wildman–Crippen MR) is 121 cm³/mol. The molecule has 156 valence electrons. The first-order valence-corrected chi connectivity index (χ1v) is 12.3. The lowest BCUT2D eigenvalue weighted by atomic mass is 9.75. The standard InChI is InChI=1S/C25H33O3P/c1-19(2)23-16-14-20(3)18-24(23)28-29(27,22-12-8-5-9-13-22)25(26)17-15-21-10-6-4-7-11-21/h4-13,15,17,19-20,23-26H,14,16,18H2,1-3H3/b17-15+/t20-,23+,24-,25?,29?/m1/s1. The van der Waals surface area contributed by atoms with Crippen molar-refractivity contribution >= 4 is 18.7 Å². The third kappa shape index (κ3) is 5.48. The van der Waals surface area contributed by atoms with Gasteiger partial charge in [0.1, 0.15) is 0 Å². The lowest BCUT2D eigenvalue weighted by Gasteiger charge is -2.39. The first-order valence-electron chi connectivity index (χ1n) is 10.6. The van der Waals surface area contributed by atoms with Crippen LogP contribution < -0.4 is 5.30 Å². The molecule has 0 heterocycles. The van der Waals surface area contributed by atoms with Gasteiger partial charge in [-0.25, -0.2) is 0 Å². The average Bonchev–Trinajstić information content (AvgIpc) is 2.73. The monoisotopic (exact) mass is 412 g/mol. The zero-order valence-corrected chi connectivity index (χ0v) is 18.5. The van der Waals surface area contributed by atoms with Crippen molar-refractivity contribution in [1.82, 2.24) is 0 Å². The van der Waals surface area contributed by atoms with Gasteiger partial charge in [0.05, 0.1) is 6.10 Å². The second kappa shape index (κ2) is 9.89. The molecule has 0 bridgehead atoms. The molecule has 0 aliphatic heterocycles. The van der Waals surface area contributed by atoms with E-state index in [4.69, 9.17) is 4.52 Å². The van der Waals surface area contributed by atoms with E-state index < -0.39 is 13.2 Å². The minimum absolute atomic E-state index is 0.107. The van der Waals surface area contributed by atoms with Gasteiger partial charge >= 0.3 is 0 Å². The fourth-order valence-electron chi connectivity index (χ4n) is 4.22. The van der Waals surface area contributed by atoms with Crippen molar-refractivity contribution in [2.45, 2.75) is 52.0 Å². The SMILES string of the molecule is CC(C)[C@@H]1CC[C@@H](C)C[C@H]1OP(=O)(c1ccccc1)C(O)/C=C/c1ccccc1. The largest absolute Gasteiger partial charge is 0.378 e. The Hall–Kier alpha value is -1.67. The van der Waals surface area contributed by atoms with E-state index in [1.54, 1.807) is 18.2 Å². The van der Waals surface area contributed by atoms with Crippen molar-refractivity contribution < 1.29 is 14.2 Å². The Morgan fingerprint density at radius 3 is 2.28 bits per heavy atom. The van der Waals surface area contributed by atoms with Crippen LogP contribution in [-0.2, 0) is 9.09 Å². The third-order valence-electron chi connectivity index (χ3n) is 5.98. The molecule has 0 radical (unpaired) electrons. The quantitative estimate of drug-likeness (QED) is 0.559. The van der Waals surface area contributed by atoms with Gasteiger partial charge in [-0.2, -0.15) is 0 Å². The van der Waals surface area contributed by atoms with Crippen molar-refractivity contribution in [3.8, 4) is 0 Å². The second-order valence-corrected chi connectivity index (χ2v) is 11.0. The van der Waals surface area contributed by atoms with E-state index in [2.05, 4.69) is 20.8 Å². The molecule has 1 fully saturated rings. The average molecular weight is 413 g/mol. The second-order valence-electron chi connectivity index (χ2n) is 8.59. The molecule has 1 N–H and O–H groups in total. The molecule has 3 rings (SSSR count). The summed E-state index contributed by atoms with van der Waals surface area (Å²) in [5.74, 6) is 0.161. The van der Waals surface area contributed by atoms with Gasteiger partial charge in [-0.15, -0.1) is 0 Å². The van der Waals surface area contributed by atoms with Crippen LogP contribution in [0.15, 0.2) is 66.7 Å². The van der Waals surface area contributed by atoms with E-state index in [0.717, 1.165) is 18.4 Å². The zero-order chi connectivity index (χ0) is 20.9. The Labute approximate surface area is 175 Å². The number of hydrogen-bond donors (Lipinski definition) is 1. The van der Waals surface area contributed by atoms with Crippen LogP contribution in [0.1, 0.15) is 45.6 Å². The number of hydrogen-bond acceptors (Lipinski definition) is 3. The van der Waals surface area contributed by atoms with Crippen molar-refractivity contribution in [3.63, 3.8) is 0 Å². The van der Waals surface area contributed by atoms with Gasteiger partial charge in [0.25, 0.3) is 7.37 Å². The lowest BCUT2D eigenvalue weighted by molar-refractivity contribution is 0.0448. The summed E-state index contributed by atoms with van der Waals surface area (Å²) < 4.78 is 20.6. The summed E-state index contributed by atoms with van der Waals surface area (Å²) in [6.45, 7) is 6.64. The number of aliphatic hydroxyl groups excluding tert-OH is 1. The van der Waals surface area contributed by atoms with Crippen molar-refractivity contribution in [3.05, 3.63) is 72.3 Å². The number of rotatable bonds is 7. The van der Waals surface area contributed by atoms with E-state index in [1.165, 1.54) is 6.42 Å². The topological polar surface area (TPSA) is 46.5 Å². The van der Waals surface area contributed by atoms with Crippen LogP contribution in [0.4, 0.5) is 0 Å². The van der Waals surface area contributed by atoms with Gasteiger partial charge in [-0.1, -0.05) is 81.8 Å². The Morgan fingerprint density at radius 1 is 1.03 bits per heavy atom. The highest BCUT2D eigenvalue weighted by atomic mass is 31.2. The molecule has 4 heteroatoms. The van der Waals surface area contributed by atoms with Gasteiger partial charge < -0.3 is 9.63 Å². The van der Waals surface area contributed by atoms with Crippen LogP contribution in [0.5, 0.6) is 0 Å². The summed E-state index contributed by atoms with van der Waals surface area (Å²) in [5.41, 5.74) is 0.956. The lowest BCUT2D eigenvalue weighted by Crippen LogP contribution is -2.35. The van der Waals surface area contributed by atoms with Gasteiger partial charge in [0.2, 0.25) is 0 Å². The van der Waals surface area contributed by atoms with Gasteiger partial charge in [0, 0.05) is 5.30 Å². The van der Waals surface area contributed by atoms with E-state index in [1.807, 2.05) is 54.6 Å². The third-order valence-corrected chi connectivity index (χ3v) is 8.45. The molecule has 1 aliphatic rings. The van der Waals surface area contributed by atoms with Crippen LogP contribution in [0.25, 0.3) is 6.08 Å². The van der Waals surface area contributed by atoms with Crippen LogP contribution in [0.3, 0.4) is 0 Å². The molecule has 0 aromatic heterocycles. The molecule has 1 aliphatic carbocycles. The molecule has 2 aromatic rings. The molecule has 3 nitrogen and oxygen atoms in total. The van der Waals surface area contributed by atoms with Crippen LogP contribution in [-0.4, -0.2) is 17.1 Å². The molecule has 0 amide bonds.